The van der Waals surface area contributed by atoms with Crippen LogP contribution in [0.1, 0.15) is 31.2 Å². The molecule has 1 aliphatic heterocycles. The second-order valence-electron chi connectivity index (χ2n) is 4.97. The van der Waals surface area contributed by atoms with E-state index in [0.717, 1.165) is 24.8 Å². The molecule has 1 atom stereocenters. The third kappa shape index (κ3) is 3.56. The van der Waals surface area contributed by atoms with Crippen molar-refractivity contribution in [3.63, 3.8) is 0 Å². The van der Waals surface area contributed by atoms with Gasteiger partial charge in [-0.3, -0.25) is 9.59 Å². The van der Waals surface area contributed by atoms with Gasteiger partial charge in [-0.05, 0) is 18.4 Å². The summed E-state index contributed by atoms with van der Waals surface area (Å²) >= 11 is 0. The minimum atomic E-state index is -0.321. The Morgan fingerprint density at radius 2 is 2.05 bits per heavy atom. The van der Waals surface area contributed by atoms with Crippen molar-refractivity contribution in [2.45, 2.75) is 38.3 Å². The van der Waals surface area contributed by atoms with Crippen LogP contribution in [0.5, 0.6) is 0 Å². The fourth-order valence-corrected chi connectivity index (χ4v) is 2.37. The predicted molar refractivity (Wildman–Crippen MR) is 73.3 cm³/mol. The molecule has 1 unspecified atom stereocenters. The Labute approximate surface area is 113 Å². The number of amides is 2. The van der Waals surface area contributed by atoms with E-state index >= 15 is 0 Å². The van der Waals surface area contributed by atoms with Gasteiger partial charge < -0.3 is 10.2 Å². The SMILES string of the molecule is CN1C(=O)CCCCC1C(=O)NCc1ccccc1. The lowest BCUT2D eigenvalue weighted by molar-refractivity contribution is -0.138. The molecule has 1 heterocycles. The first kappa shape index (κ1) is 13.6. The second kappa shape index (κ2) is 6.36. The Hall–Kier alpha value is -1.84. The summed E-state index contributed by atoms with van der Waals surface area (Å²) in [5.41, 5.74) is 1.07. The molecular formula is C15H20N2O2. The van der Waals surface area contributed by atoms with Gasteiger partial charge in [-0.2, -0.15) is 0 Å². The van der Waals surface area contributed by atoms with Crippen LogP contribution in [-0.2, 0) is 16.1 Å². The first-order chi connectivity index (χ1) is 9.18. The highest BCUT2D eigenvalue weighted by molar-refractivity contribution is 5.87. The van der Waals surface area contributed by atoms with Gasteiger partial charge in [-0.15, -0.1) is 0 Å². The van der Waals surface area contributed by atoms with Gasteiger partial charge in [-0.1, -0.05) is 36.8 Å². The number of likely N-dealkylation sites (tertiary alicyclic amines) is 1. The summed E-state index contributed by atoms with van der Waals surface area (Å²) in [6, 6.07) is 9.47. The summed E-state index contributed by atoms with van der Waals surface area (Å²) in [6.45, 7) is 0.512. The molecule has 0 saturated carbocycles. The summed E-state index contributed by atoms with van der Waals surface area (Å²) in [6.07, 6.45) is 3.12. The van der Waals surface area contributed by atoms with E-state index in [-0.39, 0.29) is 17.9 Å². The summed E-state index contributed by atoms with van der Waals surface area (Å²) in [5.74, 6) is 0.0129. The lowest BCUT2D eigenvalue weighted by Crippen LogP contribution is -2.46. The summed E-state index contributed by atoms with van der Waals surface area (Å²) in [7, 11) is 1.72. The molecule has 1 fully saturated rings. The van der Waals surface area contributed by atoms with Crippen LogP contribution >= 0.6 is 0 Å². The van der Waals surface area contributed by atoms with Crippen molar-refractivity contribution < 1.29 is 9.59 Å². The number of carbonyl (C=O) groups excluding carboxylic acids is 2. The van der Waals surface area contributed by atoms with E-state index < -0.39 is 0 Å². The van der Waals surface area contributed by atoms with Crippen LogP contribution in [0.3, 0.4) is 0 Å². The van der Waals surface area contributed by atoms with Gasteiger partial charge in [0.25, 0.3) is 0 Å². The molecule has 0 aromatic heterocycles. The Bertz CT molecular complexity index is 445. The van der Waals surface area contributed by atoms with Crippen molar-refractivity contribution in [3.8, 4) is 0 Å². The monoisotopic (exact) mass is 260 g/mol. The number of hydrogen-bond donors (Lipinski definition) is 1. The Balaban J connectivity index is 1.93. The van der Waals surface area contributed by atoms with E-state index in [0.29, 0.717) is 13.0 Å². The maximum Gasteiger partial charge on any atom is 0.243 e. The third-order valence-corrected chi connectivity index (χ3v) is 3.59. The maximum absolute atomic E-state index is 12.2. The minimum Gasteiger partial charge on any atom is -0.350 e. The van der Waals surface area contributed by atoms with Crippen molar-refractivity contribution in [1.29, 1.82) is 0 Å². The number of benzene rings is 1. The van der Waals surface area contributed by atoms with Crippen molar-refractivity contribution >= 4 is 11.8 Å². The van der Waals surface area contributed by atoms with Crippen LogP contribution in [0.4, 0.5) is 0 Å². The molecule has 0 aliphatic carbocycles. The molecule has 2 rings (SSSR count). The van der Waals surface area contributed by atoms with Gasteiger partial charge in [-0.25, -0.2) is 0 Å². The molecule has 0 bridgehead atoms. The van der Waals surface area contributed by atoms with Crippen LogP contribution in [0.15, 0.2) is 30.3 Å². The topological polar surface area (TPSA) is 49.4 Å². The zero-order valence-corrected chi connectivity index (χ0v) is 11.3. The number of rotatable bonds is 3. The normalized spacial score (nSPS) is 19.9. The summed E-state index contributed by atoms with van der Waals surface area (Å²) < 4.78 is 0. The van der Waals surface area contributed by atoms with E-state index in [1.165, 1.54) is 0 Å². The molecule has 4 nitrogen and oxygen atoms in total. The van der Waals surface area contributed by atoms with Crippen LogP contribution < -0.4 is 5.32 Å². The number of nitrogens with one attached hydrogen (secondary N) is 1. The molecule has 1 aromatic rings. The molecular weight excluding hydrogens is 240 g/mol. The average molecular weight is 260 g/mol. The molecule has 102 valence electrons. The number of hydrogen-bond acceptors (Lipinski definition) is 2. The van der Waals surface area contributed by atoms with E-state index in [4.69, 9.17) is 0 Å². The summed E-state index contributed by atoms with van der Waals surface area (Å²) in [5, 5.41) is 2.91. The summed E-state index contributed by atoms with van der Waals surface area (Å²) in [4.78, 5) is 25.5. The fraction of sp³-hybridized carbons (Fsp3) is 0.467. The molecule has 2 amide bonds. The van der Waals surface area contributed by atoms with Gasteiger partial charge in [0.05, 0.1) is 0 Å². The standard InChI is InChI=1S/C15H20N2O2/c1-17-13(9-5-6-10-14(17)18)15(19)16-11-12-7-3-2-4-8-12/h2-4,7-8,13H,5-6,9-11H2,1H3,(H,16,19). The molecule has 1 saturated heterocycles. The van der Waals surface area contributed by atoms with Gasteiger partial charge in [0, 0.05) is 20.0 Å². The largest absolute Gasteiger partial charge is 0.350 e. The maximum atomic E-state index is 12.2. The second-order valence-corrected chi connectivity index (χ2v) is 4.97. The molecule has 4 heteroatoms. The zero-order valence-electron chi connectivity index (χ0n) is 11.3. The Morgan fingerprint density at radius 1 is 1.32 bits per heavy atom. The first-order valence-corrected chi connectivity index (χ1v) is 6.76. The first-order valence-electron chi connectivity index (χ1n) is 6.76. The molecule has 1 aliphatic rings. The van der Waals surface area contributed by atoms with Crippen molar-refractivity contribution in [2.75, 3.05) is 7.05 Å². The van der Waals surface area contributed by atoms with Crippen LogP contribution in [0.25, 0.3) is 0 Å². The van der Waals surface area contributed by atoms with E-state index in [1.54, 1.807) is 11.9 Å². The van der Waals surface area contributed by atoms with Crippen molar-refractivity contribution in [2.24, 2.45) is 0 Å². The minimum absolute atomic E-state index is 0.0541. The molecule has 1 aromatic carbocycles. The highest BCUT2D eigenvalue weighted by Crippen LogP contribution is 2.16. The quantitative estimate of drug-likeness (QED) is 0.899. The van der Waals surface area contributed by atoms with E-state index in [1.807, 2.05) is 30.3 Å². The number of carbonyl (C=O) groups is 2. The third-order valence-electron chi connectivity index (χ3n) is 3.59. The molecule has 0 radical (unpaired) electrons. The molecule has 1 N–H and O–H groups in total. The predicted octanol–water partition coefficient (Wildman–Crippen LogP) is 1.70. The van der Waals surface area contributed by atoms with Crippen molar-refractivity contribution in [3.05, 3.63) is 35.9 Å². The molecule has 19 heavy (non-hydrogen) atoms. The zero-order chi connectivity index (χ0) is 13.7. The van der Waals surface area contributed by atoms with Crippen molar-refractivity contribution in [1.82, 2.24) is 10.2 Å². The lowest BCUT2D eigenvalue weighted by Gasteiger charge is -2.25. The van der Waals surface area contributed by atoms with Crippen LogP contribution in [0.2, 0.25) is 0 Å². The van der Waals surface area contributed by atoms with E-state index in [2.05, 4.69) is 5.32 Å². The van der Waals surface area contributed by atoms with E-state index in [9.17, 15) is 9.59 Å². The Morgan fingerprint density at radius 3 is 2.79 bits per heavy atom. The Kier molecular flexibility index (Phi) is 4.55. The van der Waals surface area contributed by atoms with Crippen LogP contribution in [0, 0.1) is 0 Å². The smallest absolute Gasteiger partial charge is 0.243 e. The highest BCUT2D eigenvalue weighted by atomic mass is 16.2. The van der Waals surface area contributed by atoms with Crippen LogP contribution in [-0.4, -0.2) is 29.8 Å². The number of nitrogens with zero attached hydrogens (tertiary/aromatic N) is 1. The van der Waals surface area contributed by atoms with Gasteiger partial charge in [0.15, 0.2) is 0 Å². The highest BCUT2D eigenvalue weighted by Gasteiger charge is 2.28. The van der Waals surface area contributed by atoms with Gasteiger partial charge >= 0.3 is 0 Å². The lowest BCUT2D eigenvalue weighted by atomic mass is 10.1. The molecule has 0 spiro atoms. The van der Waals surface area contributed by atoms with Gasteiger partial charge in [0.2, 0.25) is 11.8 Å². The number of likely N-dealkylation sites (N-methyl/N-ethyl adjacent to an activating group) is 1. The fourth-order valence-electron chi connectivity index (χ4n) is 2.37. The van der Waals surface area contributed by atoms with Gasteiger partial charge in [0.1, 0.15) is 6.04 Å². The average Bonchev–Trinajstić information content (AvgIpc) is 2.60.